The number of amides is 1. The van der Waals surface area contributed by atoms with Gasteiger partial charge in [0.2, 0.25) is 15.9 Å². The maximum atomic E-state index is 12.4. The normalized spacial score (nSPS) is 16.5. The van der Waals surface area contributed by atoms with Gasteiger partial charge < -0.3 is 5.32 Å². The Morgan fingerprint density at radius 3 is 2.46 bits per heavy atom. The number of rotatable bonds is 5. The van der Waals surface area contributed by atoms with E-state index in [1.165, 1.54) is 16.1 Å². The number of hydrogen-bond donors (Lipinski definition) is 1. The monoisotopic (exact) mass is 376 g/mol. The highest BCUT2D eigenvalue weighted by atomic mass is 32.2. The quantitative estimate of drug-likeness (QED) is 0.863. The maximum absolute atomic E-state index is 12.4. The van der Waals surface area contributed by atoms with Crippen LogP contribution in [-0.2, 0) is 21.4 Å². The fraction of sp³-hybridized carbons (Fsp3) is 0.444. The molecule has 0 spiro atoms. The lowest BCUT2D eigenvalue weighted by Crippen LogP contribution is -2.40. The van der Waals surface area contributed by atoms with Crippen LogP contribution in [0.4, 0.5) is 5.82 Å². The van der Waals surface area contributed by atoms with E-state index >= 15 is 0 Å². The minimum absolute atomic E-state index is 0.0984. The molecule has 2 aromatic rings. The van der Waals surface area contributed by atoms with Gasteiger partial charge in [0.15, 0.2) is 5.82 Å². The van der Waals surface area contributed by atoms with Crippen LogP contribution in [0.15, 0.2) is 36.5 Å². The highest BCUT2D eigenvalue weighted by molar-refractivity contribution is 7.88. The summed E-state index contributed by atoms with van der Waals surface area (Å²) in [5.74, 6) is 0.238. The molecule has 26 heavy (non-hydrogen) atoms. The van der Waals surface area contributed by atoms with E-state index in [9.17, 15) is 13.2 Å². The lowest BCUT2D eigenvalue weighted by molar-refractivity contribution is -0.120. The lowest BCUT2D eigenvalue weighted by atomic mass is 9.97. The second-order valence-corrected chi connectivity index (χ2v) is 8.79. The number of sulfonamides is 1. The van der Waals surface area contributed by atoms with Crippen LogP contribution < -0.4 is 5.32 Å². The molecule has 0 saturated carbocycles. The Kier molecular flexibility index (Phi) is 5.43. The minimum Gasteiger partial charge on any atom is -0.309 e. The Balaban J connectivity index is 1.54. The number of carbonyl (C=O) groups is 1. The van der Waals surface area contributed by atoms with Crippen LogP contribution in [0, 0.1) is 12.8 Å². The molecule has 7 nitrogen and oxygen atoms in total. The molecule has 0 radical (unpaired) electrons. The van der Waals surface area contributed by atoms with E-state index in [-0.39, 0.29) is 11.8 Å². The topological polar surface area (TPSA) is 84.3 Å². The standard InChI is InChI=1S/C18H24N4O3S/c1-14-3-5-15(6-4-14)13-21-10-9-17(20-21)19-18(23)16-7-11-22(12-8-16)26(2,24)25/h3-6,9-10,16H,7-8,11-13H2,1-2H3,(H,19,20,23). The van der Waals surface area contributed by atoms with Gasteiger partial charge in [0.05, 0.1) is 12.8 Å². The first-order chi connectivity index (χ1) is 12.3. The van der Waals surface area contributed by atoms with E-state index in [1.807, 2.05) is 13.1 Å². The predicted molar refractivity (Wildman–Crippen MR) is 100 cm³/mol. The summed E-state index contributed by atoms with van der Waals surface area (Å²) >= 11 is 0. The van der Waals surface area contributed by atoms with Crippen molar-refractivity contribution >= 4 is 21.7 Å². The zero-order valence-corrected chi connectivity index (χ0v) is 15.9. The van der Waals surface area contributed by atoms with Gasteiger partial charge in [0.25, 0.3) is 0 Å². The lowest BCUT2D eigenvalue weighted by Gasteiger charge is -2.29. The van der Waals surface area contributed by atoms with Crippen LogP contribution in [0.2, 0.25) is 0 Å². The van der Waals surface area contributed by atoms with Gasteiger partial charge in [0.1, 0.15) is 0 Å². The second-order valence-electron chi connectivity index (χ2n) is 6.81. The number of carbonyl (C=O) groups excluding carboxylic acids is 1. The van der Waals surface area contributed by atoms with Crippen molar-refractivity contribution in [3.63, 3.8) is 0 Å². The molecular formula is C18H24N4O3S. The summed E-state index contributed by atoms with van der Waals surface area (Å²) in [6.07, 6.45) is 4.10. The Bertz CT molecular complexity index is 866. The summed E-state index contributed by atoms with van der Waals surface area (Å²) in [5.41, 5.74) is 2.36. The molecule has 0 aliphatic carbocycles. The van der Waals surface area contributed by atoms with Gasteiger partial charge in [-0.1, -0.05) is 29.8 Å². The van der Waals surface area contributed by atoms with E-state index in [0.717, 1.165) is 5.56 Å². The van der Waals surface area contributed by atoms with Crippen molar-refractivity contribution in [2.24, 2.45) is 5.92 Å². The van der Waals surface area contributed by atoms with Gasteiger partial charge in [0, 0.05) is 31.3 Å². The van der Waals surface area contributed by atoms with Gasteiger partial charge in [-0.2, -0.15) is 5.10 Å². The van der Waals surface area contributed by atoms with Crippen molar-refractivity contribution in [1.29, 1.82) is 0 Å². The molecule has 0 atom stereocenters. The first-order valence-electron chi connectivity index (χ1n) is 8.66. The van der Waals surface area contributed by atoms with Crippen LogP contribution in [-0.4, -0.2) is 47.8 Å². The van der Waals surface area contributed by atoms with Crippen molar-refractivity contribution in [2.45, 2.75) is 26.3 Å². The Labute approximate surface area is 154 Å². The van der Waals surface area contributed by atoms with Crippen molar-refractivity contribution in [3.05, 3.63) is 47.7 Å². The molecule has 1 aromatic carbocycles. The molecule has 3 rings (SSSR count). The first-order valence-corrected chi connectivity index (χ1v) is 10.5. The molecule has 2 heterocycles. The molecule has 1 saturated heterocycles. The molecule has 1 amide bonds. The Hall–Kier alpha value is -2.19. The zero-order valence-electron chi connectivity index (χ0n) is 15.1. The second kappa shape index (κ2) is 7.59. The van der Waals surface area contributed by atoms with Crippen LogP contribution in [0.25, 0.3) is 0 Å². The number of benzene rings is 1. The number of piperidine rings is 1. The molecule has 1 aliphatic rings. The fourth-order valence-corrected chi connectivity index (χ4v) is 3.95. The van der Waals surface area contributed by atoms with Crippen LogP contribution >= 0.6 is 0 Å². The summed E-state index contributed by atoms with van der Waals surface area (Å²) in [6, 6.07) is 10.0. The summed E-state index contributed by atoms with van der Waals surface area (Å²) in [4.78, 5) is 12.4. The number of anilines is 1. The number of aromatic nitrogens is 2. The number of nitrogens with one attached hydrogen (secondary N) is 1. The van der Waals surface area contributed by atoms with Crippen molar-refractivity contribution < 1.29 is 13.2 Å². The highest BCUT2D eigenvalue weighted by Gasteiger charge is 2.29. The molecule has 0 unspecified atom stereocenters. The van der Waals surface area contributed by atoms with Crippen LogP contribution in [0.1, 0.15) is 24.0 Å². The average Bonchev–Trinajstić information content (AvgIpc) is 3.03. The van der Waals surface area contributed by atoms with Gasteiger partial charge in [-0.05, 0) is 25.3 Å². The van der Waals surface area contributed by atoms with Crippen LogP contribution in [0.5, 0.6) is 0 Å². The fourth-order valence-electron chi connectivity index (χ4n) is 3.07. The molecule has 1 aromatic heterocycles. The molecule has 1 fully saturated rings. The third-order valence-corrected chi connectivity index (χ3v) is 5.95. The third kappa shape index (κ3) is 4.70. The van der Waals surface area contributed by atoms with E-state index < -0.39 is 10.0 Å². The van der Waals surface area contributed by atoms with E-state index in [4.69, 9.17) is 0 Å². The molecule has 1 aliphatic heterocycles. The van der Waals surface area contributed by atoms with Gasteiger partial charge in [-0.25, -0.2) is 12.7 Å². The SMILES string of the molecule is Cc1ccc(Cn2ccc(NC(=O)C3CCN(S(C)(=O)=O)CC3)n2)cc1. The minimum atomic E-state index is -3.18. The average molecular weight is 376 g/mol. The molecule has 8 heteroatoms. The molecule has 0 bridgehead atoms. The van der Waals surface area contributed by atoms with E-state index in [2.05, 4.69) is 34.7 Å². The van der Waals surface area contributed by atoms with Crippen molar-refractivity contribution in [3.8, 4) is 0 Å². The van der Waals surface area contributed by atoms with Gasteiger partial charge in [-0.15, -0.1) is 0 Å². The largest absolute Gasteiger partial charge is 0.309 e. The third-order valence-electron chi connectivity index (χ3n) is 4.65. The Morgan fingerprint density at radius 2 is 1.85 bits per heavy atom. The highest BCUT2D eigenvalue weighted by Crippen LogP contribution is 2.20. The first kappa shape index (κ1) is 18.6. The molecule has 1 N–H and O–H groups in total. The van der Waals surface area contributed by atoms with Crippen molar-refractivity contribution in [1.82, 2.24) is 14.1 Å². The maximum Gasteiger partial charge on any atom is 0.228 e. The number of nitrogens with zero attached hydrogens (tertiary/aromatic N) is 3. The summed E-state index contributed by atoms with van der Waals surface area (Å²) < 4.78 is 26.3. The van der Waals surface area contributed by atoms with Gasteiger partial charge >= 0.3 is 0 Å². The predicted octanol–water partition coefficient (Wildman–Crippen LogP) is 1.85. The summed E-state index contributed by atoms with van der Waals surface area (Å²) in [6.45, 7) is 3.46. The smallest absolute Gasteiger partial charge is 0.228 e. The van der Waals surface area contributed by atoms with Crippen LogP contribution in [0.3, 0.4) is 0 Å². The van der Waals surface area contributed by atoms with E-state index in [1.54, 1.807) is 10.7 Å². The summed E-state index contributed by atoms with van der Waals surface area (Å²) in [5, 5.41) is 7.24. The number of hydrogen-bond acceptors (Lipinski definition) is 4. The number of aryl methyl sites for hydroxylation is 1. The van der Waals surface area contributed by atoms with Crippen molar-refractivity contribution in [2.75, 3.05) is 24.7 Å². The van der Waals surface area contributed by atoms with Gasteiger partial charge in [-0.3, -0.25) is 9.48 Å². The molecule has 140 valence electrons. The Morgan fingerprint density at radius 1 is 1.19 bits per heavy atom. The zero-order chi connectivity index (χ0) is 18.7. The van der Waals surface area contributed by atoms with E-state index in [0.29, 0.717) is 38.3 Å². The summed E-state index contributed by atoms with van der Waals surface area (Å²) in [7, 11) is -3.18. The molecular weight excluding hydrogens is 352 g/mol.